The summed E-state index contributed by atoms with van der Waals surface area (Å²) >= 11 is 0. The van der Waals surface area contributed by atoms with Crippen molar-refractivity contribution in [1.29, 1.82) is 0 Å². The third-order valence-corrected chi connectivity index (χ3v) is 4.07. The summed E-state index contributed by atoms with van der Waals surface area (Å²) in [7, 11) is -3.44. The summed E-state index contributed by atoms with van der Waals surface area (Å²) < 4.78 is 25.2. The van der Waals surface area contributed by atoms with Gasteiger partial charge in [-0.05, 0) is 37.8 Å². The van der Waals surface area contributed by atoms with Gasteiger partial charge in [0.1, 0.15) is 0 Å². The molecule has 1 saturated carbocycles. The van der Waals surface area contributed by atoms with Gasteiger partial charge in [-0.1, -0.05) is 11.6 Å². The number of aryl methyl sites for hydroxylation is 1. The van der Waals surface area contributed by atoms with E-state index in [9.17, 15) is 13.2 Å². The van der Waals surface area contributed by atoms with E-state index < -0.39 is 10.0 Å². The summed E-state index contributed by atoms with van der Waals surface area (Å²) in [6.07, 6.45) is 3.20. The minimum atomic E-state index is -3.44. The van der Waals surface area contributed by atoms with Crippen LogP contribution in [0.15, 0.2) is 18.2 Å². The predicted molar refractivity (Wildman–Crippen MR) is 89.9 cm³/mol. The summed E-state index contributed by atoms with van der Waals surface area (Å²) in [5, 5.41) is 2.90. The predicted octanol–water partition coefficient (Wildman–Crippen LogP) is 1.26. The Morgan fingerprint density at radius 1 is 1.41 bits per heavy atom. The Morgan fingerprint density at radius 3 is 2.55 bits per heavy atom. The topological polar surface area (TPSA) is 101 Å². The van der Waals surface area contributed by atoms with Crippen LogP contribution in [0.4, 0.5) is 5.69 Å². The molecule has 1 amide bonds. The van der Waals surface area contributed by atoms with Crippen molar-refractivity contribution in [2.45, 2.75) is 25.8 Å². The normalized spacial score (nSPS) is 15.6. The van der Waals surface area contributed by atoms with E-state index in [0.29, 0.717) is 18.0 Å². The number of carbonyl (C=O) groups is 1. The fourth-order valence-corrected chi connectivity index (χ4v) is 2.83. The summed E-state index contributed by atoms with van der Waals surface area (Å²) in [5.41, 5.74) is 7.17. The lowest BCUT2D eigenvalue weighted by Crippen LogP contribution is -2.42. The van der Waals surface area contributed by atoms with Crippen molar-refractivity contribution < 1.29 is 13.2 Å². The number of benzene rings is 1. The zero-order valence-electron chi connectivity index (χ0n) is 12.6. The molecule has 2 rings (SSSR count). The number of amides is 1. The number of halogens is 1. The van der Waals surface area contributed by atoms with Crippen LogP contribution in [0.2, 0.25) is 0 Å². The Kier molecular flexibility index (Phi) is 6.22. The van der Waals surface area contributed by atoms with Gasteiger partial charge in [-0.15, -0.1) is 12.4 Å². The molecule has 8 heteroatoms. The van der Waals surface area contributed by atoms with Crippen LogP contribution in [0.1, 0.15) is 28.8 Å². The average molecular weight is 348 g/mol. The molecule has 0 bridgehead atoms. The first kappa shape index (κ1) is 18.7. The van der Waals surface area contributed by atoms with Crippen molar-refractivity contribution in [3.8, 4) is 0 Å². The molecule has 0 aromatic heterocycles. The SMILES string of the molecule is Cc1ccc(NS(C)(=O)=O)c(C(=O)NC(CN)C2CC2)c1.Cl. The molecule has 1 aromatic carbocycles. The molecule has 0 saturated heterocycles. The highest BCUT2D eigenvalue weighted by molar-refractivity contribution is 7.92. The van der Waals surface area contributed by atoms with Crippen molar-refractivity contribution in [3.63, 3.8) is 0 Å². The van der Waals surface area contributed by atoms with Crippen molar-refractivity contribution in [1.82, 2.24) is 5.32 Å². The number of nitrogens with two attached hydrogens (primary N) is 1. The van der Waals surface area contributed by atoms with E-state index >= 15 is 0 Å². The van der Waals surface area contributed by atoms with Crippen molar-refractivity contribution >= 4 is 34.0 Å². The highest BCUT2D eigenvalue weighted by Crippen LogP contribution is 2.32. The fraction of sp³-hybridized carbons (Fsp3) is 0.500. The molecule has 0 spiro atoms. The maximum absolute atomic E-state index is 12.4. The van der Waals surface area contributed by atoms with Crippen LogP contribution in [-0.4, -0.2) is 33.2 Å². The van der Waals surface area contributed by atoms with Gasteiger partial charge in [-0.25, -0.2) is 8.42 Å². The number of carbonyl (C=O) groups excluding carboxylic acids is 1. The third-order valence-electron chi connectivity index (χ3n) is 3.48. The smallest absolute Gasteiger partial charge is 0.253 e. The maximum Gasteiger partial charge on any atom is 0.253 e. The van der Waals surface area contributed by atoms with Crippen molar-refractivity contribution in [2.75, 3.05) is 17.5 Å². The van der Waals surface area contributed by atoms with E-state index in [2.05, 4.69) is 10.0 Å². The molecule has 6 nitrogen and oxygen atoms in total. The second-order valence-corrected chi connectivity index (χ2v) is 7.32. The molecular weight excluding hydrogens is 326 g/mol. The molecule has 22 heavy (non-hydrogen) atoms. The van der Waals surface area contributed by atoms with E-state index in [-0.39, 0.29) is 30.0 Å². The molecule has 0 aliphatic heterocycles. The lowest BCUT2D eigenvalue weighted by atomic mass is 10.1. The minimum Gasteiger partial charge on any atom is -0.348 e. The Balaban J connectivity index is 0.00000242. The standard InChI is InChI=1S/C14H21N3O3S.ClH/c1-9-3-6-12(17-21(2,19)20)11(7-9)14(18)16-13(8-15)10-4-5-10;/h3,6-7,10,13,17H,4-5,8,15H2,1-2H3,(H,16,18);1H. The average Bonchev–Trinajstić information content (AvgIpc) is 3.20. The lowest BCUT2D eigenvalue weighted by Gasteiger charge is -2.18. The Labute approximate surface area is 137 Å². The molecule has 1 aliphatic rings. The molecule has 1 aliphatic carbocycles. The summed E-state index contributed by atoms with van der Waals surface area (Å²) in [5.74, 6) is 0.141. The van der Waals surface area contributed by atoms with Gasteiger partial charge in [0.25, 0.3) is 5.91 Å². The first-order chi connectivity index (χ1) is 9.80. The van der Waals surface area contributed by atoms with Gasteiger partial charge in [-0.2, -0.15) is 0 Å². The number of hydrogen-bond acceptors (Lipinski definition) is 4. The highest BCUT2D eigenvalue weighted by Gasteiger charge is 2.31. The van der Waals surface area contributed by atoms with Gasteiger partial charge in [0.05, 0.1) is 17.5 Å². The van der Waals surface area contributed by atoms with Crippen LogP contribution in [0.5, 0.6) is 0 Å². The molecular formula is C14H22ClN3O3S. The van der Waals surface area contributed by atoms with E-state index in [4.69, 9.17) is 5.73 Å². The molecule has 1 fully saturated rings. The molecule has 1 atom stereocenters. The first-order valence-corrected chi connectivity index (χ1v) is 8.78. The molecule has 4 N–H and O–H groups in total. The van der Waals surface area contributed by atoms with E-state index in [1.807, 2.05) is 6.92 Å². The first-order valence-electron chi connectivity index (χ1n) is 6.89. The minimum absolute atomic E-state index is 0. The van der Waals surface area contributed by atoms with E-state index in [1.54, 1.807) is 18.2 Å². The maximum atomic E-state index is 12.4. The van der Waals surface area contributed by atoms with Gasteiger partial charge >= 0.3 is 0 Å². The molecule has 124 valence electrons. The van der Waals surface area contributed by atoms with Crippen LogP contribution in [0.25, 0.3) is 0 Å². The third kappa shape index (κ3) is 5.15. The van der Waals surface area contributed by atoms with Crippen molar-refractivity contribution in [3.05, 3.63) is 29.3 Å². The Morgan fingerprint density at radius 2 is 2.05 bits per heavy atom. The van der Waals surface area contributed by atoms with Crippen molar-refractivity contribution in [2.24, 2.45) is 11.7 Å². The second-order valence-electron chi connectivity index (χ2n) is 5.58. The summed E-state index contributed by atoms with van der Waals surface area (Å²) in [4.78, 5) is 12.4. The number of hydrogen-bond donors (Lipinski definition) is 3. The van der Waals surface area contributed by atoms with Gasteiger partial charge in [0.15, 0.2) is 0 Å². The zero-order chi connectivity index (χ0) is 15.6. The lowest BCUT2D eigenvalue weighted by molar-refractivity contribution is 0.0934. The van der Waals surface area contributed by atoms with E-state index in [1.165, 1.54) is 0 Å². The van der Waals surface area contributed by atoms with Gasteiger partial charge in [-0.3, -0.25) is 9.52 Å². The zero-order valence-corrected chi connectivity index (χ0v) is 14.3. The molecule has 0 radical (unpaired) electrons. The molecule has 0 heterocycles. The van der Waals surface area contributed by atoms with Crippen LogP contribution >= 0.6 is 12.4 Å². The Bertz CT molecular complexity index is 645. The van der Waals surface area contributed by atoms with Crippen LogP contribution in [-0.2, 0) is 10.0 Å². The Hall–Kier alpha value is -1.31. The highest BCUT2D eigenvalue weighted by atomic mass is 35.5. The molecule has 1 aromatic rings. The fourth-order valence-electron chi connectivity index (χ4n) is 2.25. The number of anilines is 1. The van der Waals surface area contributed by atoms with Crippen LogP contribution in [0, 0.1) is 12.8 Å². The largest absolute Gasteiger partial charge is 0.348 e. The van der Waals surface area contributed by atoms with Crippen LogP contribution in [0.3, 0.4) is 0 Å². The van der Waals surface area contributed by atoms with E-state index in [0.717, 1.165) is 24.7 Å². The van der Waals surface area contributed by atoms with Crippen LogP contribution < -0.4 is 15.8 Å². The van der Waals surface area contributed by atoms with Gasteiger partial charge < -0.3 is 11.1 Å². The molecule has 1 unspecified atom stereocenters. The summed E-state index contributed by atoms with van der Waals surface area (Å²) in [6.45, 7) is 2.24. The monoisotopic (exact) mass is 347 g/mol. The second kappa shape index (κ2) is 7.30. The van der Waals surface area contributed by atoms with Gasteiger partial charge in [0, 0.05) is 12.6 Å². The number of nitrogens with one attached hydrogen (secondary N) is 2. The number of rotatable bonds is 6. The quantitative estimate of drug-likeness (QED) is 0.720. The number of sulfonamides is 1. The summed E-state index contributed by atoms with van der Waals surface area (Å²) in [6, 6.07) is 4.97. The van der Waals surface area contributed by atoms with Gasteiger partial charge in [0.2, 0.25) is 10.0 Å².